The molecule has 0 saturated heterocycles. The van der Waals surface area contributed by atoms with Crippen molar-refractivity contribution in [1.82, 2.24) is 15.3 Å². The zero-order valence-corrected chi connectivity index (χ0v) is 15.1. The van der Waals surface area contributed by atoms with Crippen molar-refractivity contribution in [3.05, 3.63) is 62.0 Å². The number of carbonyl (C=O) groups excluding carboxylic acids is 1. The van der Waals surface area contributed by atoms with Gasteiger partial charge in [0.2, 0.25) is 5.82 Å². The second kappa shape index (κ2) is 6.06. The van der Waals surface area contributed by atoms with Crippen molar-refractivity contribution in [1.29, 1.82) is 0 Å². The average molecular weight is 365 g/mol. The molecule has 0 fully saturated rings. The van der Waals surface area contributed by atoms with Crippen molar-refractivity contribution in [2.45, 2.75) is 44.6 Å². The first-order valence-corrected chi connectivity index (χ1v) is 9.95. The van der Waals surface area contributed by atoms with Gasteiger partial charge in [-0.1, -0.05) is 24.3 Å². The minimum atomic E-state index is -0.306. The van der Waals surface area contributed by atoms with Crippen LogP contribution in [0.15, 0.2) is 29.1 Å². The van der Waals surface area contributed by atoms with Gasteiger partial charge < -0.3 is 10.3 Å². The van der Waals surface area contributed by atoms with Crippen LogP contribution in [0.2, 0.25) is 0 Å². The summed E-state index contributed by atoms with van der Waals surface area (Å²) in [5.74, 6) is -0.190. The van der Waals surface area contributed by atoms with Crippen molar-refractivity contribution < 1.29 is 4.79 Å². The standard InChI is InChI=1S/C20H19N3O2S/c24-18-16-13-8-4-10-15(13)26-20(16)23-17(22-18)19(25)21-14-9-3-6-11-5-1-2-7-12(11)14/h1-2,5,7,14H,3-4,6,8-10H2,(H,21,25)(H,22,23,24)/t14-/m0/s1. The van der Waals surface area contributed by atoms with Crippen molar-refractivity contribution >= 4 is 27.5 Å². The van der Waals surface area contributed by atoms with Gasteiger partial charge in [-0.05, 0) is 55.2 Å². The summed E-state index contributed by atoms with van der Waals surface area (Å²) in [4.78, 5) is 34.4. The number of hydrogen-bond donors (Lipinski definition) is 2. The van der Waals surface area contributed by atoms with Gasteiger partial charge in [0.25, 0.3) is 11.5 Å². The van der Waals surface area contributed by atoms with Crippen molar-refractivity contribution in [3.8, 4) is 0 Å². The highest BCUT2D eigenvalue weighted by Gasteiger charge is 2.25. The van der Waals surface area contributed by atoms with Gasteiger partial charge in [-0.25, -0.2) is 4.98 Å². The third-order valence-electron chi connectivity index (χ3n) is 5.46. The fourth-order valence-corrected chi connectivity index (χ4v) is 5.50. The van der Waals surface area contributed by atoms with E-state index in [1.165, 1.54) is 16.0 Å². The van der Waals surface area contributed by atoms with Gasteiger partial charge in [0.05, 0.1) is 11.4 Å². The third kappa shape index (κ3) is 2.48. The smallest absolute Gasteiger partial charge is 0.287 e. The number of nitrogens with zero attached hydrogens (tertiary/aromatic N) is 1. The Morgan fingerprint density at radius 2 is 2.08 bits per heavy atom. The Bertz CT molecular complexity index is 1080. The molecule has 0 saturated carbocycles. The predicted molar refractivity (Wildman–Crippen MR) is 102 cm³/mol. The molecule has 0 unspecified atom stereocenters. The lowest BCUT2D eigenvalue weighted by Crippen LogP contribution is -2.33. The lowest BCUT2D eigenvalue weighted by Gasteiger charge is -2.26. The molecule has 3 aromatic rings. The van der Waals surface area contributed by atoms with E-state index in [1.807, 2.05) is 12.1 Å². The maximum atomic E-state index is 12.8. The summed E-state index contributed by atoms with van der Waals surface area (Å²) in [5, 5.41) is 3.75. The largest absolute Gasteiger partial charge is 0.343 e. The molecule has 6 heteroatoms. The Kier molecular flexibility index (Phi) is 3.67. The van der Waals surface area contributed by atoms with Crippen molar-refractivity contribution in [3.63, 3.8) is 0 Å². The first-order valence-electron chi connectivity index (χ1n) is 9.14. The Hall–Kier alpha value is -2.47. The second-order valence-corrected chi connectivity index (χ2v) is 8.15. The summed E-state index contributed by atoms with van der Waals surface area (Å²) in [5.41, 5.74) is 3.40. The van der Waals surface area contributed by atoms with E-state index in [1.54, 1.807) is 11.3 Å². The summed E-state index contributed by atoms with van der Waals surface area (Å²) < 4.78 is 0. The normalized spacial score (nSPS) is 18.5. The van der Waals surface area contributed by atoms with Crippen LogP contribution in [-0.4, -0.2) is 15.9 Å². The van der Waals surface area contributed by atoms with Crippen LogP contribution in [0.3, 0.4) is 0 Å². The Balaban J connectivity index is 1.47. The van der Waals surface area contributed by atoms with Crippen molar-refractivity contribution in [2.24, 2.45) is 0 Å². The molecular formula is C20H19N3O2S. The third-order valence-corrected chi connectivity index (χ3v) is 6.65. The van der Waals surface area contributed by atoms with Gasteiger partial charge in [0.1, 0.15) is 4.83 Å². The highest BCUT2D eigenvalue weighted by molar-refractivity contribution is 7.18. The van der Waals surface area contributed by atoms with Crippen LogP contribution in [0.5, 0.6) is 0 Å². The number of aromatic nitrogens is 2. The number of thiophene rings is 1. The topological polar surface area (TPSA) is 74.8 Å². The number of rotatable bonds is 2. The highest BCUT2D eigenvalue weighted by Crippen LogP contribution is 2.34. The fraction of sp³-hybridized carbons (Fsp3) is 0.350. The summed E-state index contributed by atoms with van der Waals surface area (Å²) in [6, 6.07) is 8.20. The van der Waals surface area contributed by atoms with Crippen LogP contribution in [-0.2, 0) is 19.3 Å². The number of aryl methyl sites for hydroxylation is 3. The highest BCUT2D eigenvalue weighted by atomic mass is 32.1. The van der Waals surface area contributed by atoms with Gasteiger partial charge in [-0.3, -0.25) is 9.59 Å². The molecule has 0 aliphatic heterocycles. The van der Waals surface area contributed by atoms with E-state index in [4.69, 9.17) is 0 Å². The molecule has 2 aromatic heterocycles. The van der Waals surface area contributed by atoms with E-state index >= 15 is 0 Å². The summed E-state index contributed by atoms with van der Waals surface area (Å²) in [7, 11) is 0. The zero-order valence-electron chi connectivity index (χ0n) is 14.3. The van der Waals surface area contributed by atoms with Crippen LogP contribution in [0.25, 0.3) is 10.2 Å². The Morgan fingerprint density at radius 3 is 3.00 bits per heavy atom. The first kappa shape index (κ1) is 15.8. The first-order chi connectivity index (χ1) is 12.7. The fourth-order valence-electron chi connectivity index (χ4n) is 4.24. The number of nitrogens with one attached hydrogen (secondary N) is 2. The maximum absolute atomic E-state index is 12.8. The van der Waals surface area contributed by atoms with E-state index in [2.05, 4.69) is 27.4 Å². The second-order valence-electron chi connectivity index (χ2n) is 7.07. The Morgan fingerprint density at radius 1 is 1.19 bits per heavy atom. The quantitative estimate of drug-likeness (QED) is 0.732. The molecule has 0 bridgehead atoms. The number of hydrogen-bond acceptors (Lipinski definition) is 4. The zero-order chi connectivity index (χ0) is 17.7. The van der Waals surface area contributed by atoms with Gasteiger partial charge in [-0.15, -0.1) is 11.3 Å². The molecule has 26 heavy (non-hydrogen) atoms. The molecule has 5 rings (SSSR count). The van der Waals surface area contributed by atoms with E-state index in [-0.39, 0.29) is 23.3 Å². The lowest BCUT2D eigenvalue weighted by molar-refractivity contribution is 0.0922. The molecule has 1 atom stereocenters. The summed E-state index contributed by atoms with van der Waals surface area (Å²) in [6.45, 7) is 0. The van der Waals surface area contributed by atoms with E-state index in [0.717, 1.165) is 44.1 Å². The minimum Gasteiger partial charge on any atom is -0.343 e. The number of H-pyrrole nitrogens is 1. The van der Waals surface area contributed by atoms with E-state index in [9.17, 15) is 9.59 Å². The van der Waals surface area contributed by atoms with Gasteiger partial charge >= 0.3 is 0 Å². The molecule has 1 aromatic carbocycles. The molecule has 2 aliphatic carbocycles. The average Bonchev–Trinajstić information content (AvgIpc) is 3.22. The molecule has 2 aliphatic rings. The SMILES string of the molecule is O=C(N[C@H]1CCCc2ccccc21)c1nc2sc3c(c2c(=O)[nH]1)CCC3. The van der Waals surface area contributed by atoms with E-state index in [0.29, 0.717) is 10.2 Å². The molecule has 132 valence electrons. The predicted octanol–water partition coefficient (Wildman–Crippen LogP) is 3.28. The van der Waals surface area contributed by atoms with E-state index < -0.39 is 0 Å². The maximum Gasteiger partial charge on any atom is 0.287 e. The molecule has 5 nitrogen and oxygen atoms in total. The molecule has 2 N–H and O–H groups in total. The number of fused-ring (bicyclic) bond motifs is 4. The molecule has 0 spiro atoms. The van der Waals surface area contributed by atoms with Gasteiger partial charge in [-0.2, -0.15) is 0 Å². The molecule has 0 radical (unpaired) electrons. The number of amides is 1. The summed E-state index contributed by atoms with van der Waals surface area (Å²) in [6.07, 6.45) is 6.04. The monoisotopic (exact) mass is 365 g/mol. The van der Waals surface area contributed by atoms with Gasteiger partial charge in [0, 0.05) is 4.88 Å². The lowest BCUT2D eigenvalue weighted by atomic mass is 9.88. The molecule has 1 amide bonds. The minimum absolute atomic E-state index is 0.0261. The number of carbonyl (C=O) groups is 1. The van der Waals surface area contributed by atoms with Crippen molar-refractivity contribution in [2.75, 3.05) is 0 Å². The molecular weight excluding hydrogens is 346 g/mol. The van der Waals surface area contributed by atoms with Gasteiger partial charge in [0.15, 0.2) is 0 Å². The van der Waals surface area contributed by atoms with Crippen LogP contribution in [0.1, 0.15) is 57.5 Å². The van der Waals surface area contributed by atoms with Crippen LogP contribution in [0.4, 0.5) is 0 Å². The van der Waals surface area contributed by atoms with Crippen LogP contribution in [0, 0.1) is 0 Å². The van der Waals surface area contributed by atoms with Crippen LogP contribution < -0.4 is 10.9 Å². The number of benzene rings is 1. The number of aromatic amines is 1. The van der Waals surface area contributed by atoms with Crippen LogP contribution >= 0.6 is 11.3 Å². The summed E-state index contributed by atoms with van der Waals surface area (Å²) >= 11 is 1.56. The Labute approximate surface area is 154 Å². The molecule has 2 heterocycles.